The fraction of sp³-hybridized carbons (Fsp3) is 0.316. The molecule has 0 aliphatic carbocycles. The number of nitrogens with zero attached hydrogens (tertiary/aromatic N) is 1. The highest BCUT2D eigenvalue weighted by Gasteiger charge is 2.30. The van der Waals surface area contributed by atoms with Gasteiger partial charge in [-0.2, -0.15) is 0 Å². The standard InChI is InChI=1S/C19H21F2N3O2/c1-13(19(26)22-18-14(20)5-4-6-15(18)21)23-9-11-24(12-10-23)16-7-2-3-8-17(16)25/h2-8,13,25H,9-12H2,1H3,(H,22,26)/p+1/t13-/m0/s1. The molecule has 5 nitrogen and oxygen atoms in total. The number of benzene rings is 2. The molecule has 1 heterocycles. The van der Waals surface area contributed by atoms with Crippen molar-refractivity contribution in [1.29, 1.82) is 0 Å². The number of hydrogen-bond donors (Lipinski definition) is 3. The SMILES string of the molecule is C[C@@H](C(=O)Nc1c(F)cccc1F)[NH+]1CCN(c2ccccc2O)CC1. The topological polar surface area (TPSA) is 57.0 Å². The van der Waals surface area contributed by atoms with Crippen LogP contribution in [0.15, 0.2) is 42.5 Å². The minimum absolute atomic E-state index is 0.233. The van der Waals surface area contributed by atoms with Crippen LogP contribution in [0, 0.1) is 11.6 Å². The Kier molecular flexibility index (Phi) is 5.37. The molecule has 0 bridgehead atoms. The number of piperazine rings is 1. The van der Waals surface area contributed by atoms with Crippen LogP contribution in [0.4, 0.5) is 20.2 Å². The molecule has 1 aliphatic heterocycles. The van der Waals surface area contributed by atoms with E-state index >= 15 is 0 Å². The van der Waals surface area contributed by atoms with Crippen molar-refractivity contribution in [2.45, 2.75) is 13.0 Å². The molecule has 0 radical (unpaired) electrons. The highest BCUT2D eigenvalue weighted by Crippen LogP contribution is 2.26. The molecule has 1 fully saturated rings. The molecule has 0 spiro atoms. The lowest BCUT2D eigenvalue weighted by Crippen LogP contribution is -3.19. The lowest BCUT2D eigenvalue weighted by molar-refractivity contribution is -0.914. The first-order valence-corrected chi connectivity index (χ1v) is 8.59. The van der Waals surface area contributed by atoms with Gasteiger partial charge in [-0.1, -0.05) is 18.2 Å². The second-order valence-corrected chi connectivity index (χ2v) is 6.44. The van der Waals surface area contributed by atoms with Gasteiger partial charge in [0.25, 0.3) is 5.91 Å². The first-order valence-electron chi connectivity index (χ1n) is 8.59. The summed E-state index contributed by atoms with van der Waals surface area (Å²) >= 11 is 0. The minimum atomic E-state index is -0.787. The molecule has 0 aromatic heterocycles. The van der Waals surface area contributed by atoms with Crippen molar-refractivity contribution in [1.82, 2.24) is 0 Å². The van der Waals surface area contributed by atoms with E-state index in [2.05, 4.69) is 10.2 Å². The van der Waals surface area contributed by atoms with Gasteiger partial charge < -0.3 is 20.2 Å². The fourth-order valence-electron chi connectivity index (χ4n) is 3.23. The molecule has 1 aliphatic rings. The van der Waals surface area contributed by atoms with Crippen LogP contribution in [0.2, 0.25) is 0 Å². The Morgan fingerprint density at radius 2 is 1.73 bits per heavy atom. The normalized spacial score (nSPS) is 16.3. The van der Waals surface area contributed by atoms with E-state index < -0.39 is 29.3 Å². The van der Waals surface area contributed by atoms with Crippen LogP contribution < -0.4 is 15.1 Å². The molecule has 1 amide bonds. The Balaban J connectivity index is 1.60. The molecular weight excluding hydrogens is 340 g/mol. The van der Waals surface area contributed by atoms with Crippen molar-refractivity contribution in [2.24, 2.45) is 0 Å². The van der Waals surface area contributed by atoms with Crippen LogP contribution in [0.3, 0.4) is 0 Å². The molecule has 2 aromatic rings. The number of phenolic OH excluding ortho intramolecular Hbond substituents is 1. The van der Waals surface area contributed by atoms with Crippen molar-refractivity contribution >= 4 is 17.3 Å². The summed E-state index contributed by atoms with van der Waals surface area (Å²) in [5.41, 5.74) is 0.369. The number of aromatic hydroxyl groups is 1. The molecule has 7 heteroatoms. The number of rotatable bonds is 4. The maximum Gasteiger partial charge on any atom is 0.282 e. The average molecular weight is 362 g/mol. The second kappa shape index (κ2) is 7.70. The maximum absolute atomic E-state index is 13.7. The van der Waals surface area contributed by atoms with Gasteiger partial charge in [0, 0.05) is 0 Å². The Morgan fingerprint density at radius 1 is 1.12 bits per heavy atom. The van der Waals surface area contributed by atoms with Gasteiger partial charge in [0.05, 0.1) is 31.9 Å². The van der Waals surface area contributed by atoms with E-state index in [0.29, 0.717) is 26.2 Å². The van der Waals surface area contributed by atoms with Gasteiger partial charge in [0.1, 0.15) is 23.1 Å². The summed E-state index contributed by atoms with van der Waals surface area (Å²) in [5, 5.41) is 12.3. The van der Waals surface area contributed by atoms with Crippen molar-refractivity contribution in [3.63, 3.8) is 0 Å². The van der Waals surface area contributed by atoms with Crippen molar-refractivity contribution in [3.8, 4) is 5.75 Å². The van der Waals surface area contributed by atoms with Gasteiger partial charge in [0.15, 0.2) is 6.04 Å². The quantitative estimate of drug-likeness (QED) is 0.771. The third kappa shape index (κ3) is 3.77. The van der Waals surface area contributed by atoms with Gasteiger partial charge in [-0.25, -0.2) is 8.78 Å². The lowest BCUT2D eigenvalue weighted by atomic mass is 10.2. The number of carbonyl (C=O) groups is 1. The van der Waals surface area contributed by atoms with Crippen LogP contribution in [0.1, 0.15) is 6.92 Å². The summed E-state index contributed by atoms with van der Waals surface area (Å²) in [6.45, 7) is 4.47. The monoisotopic (exact) mass is 362 g/mol. The summed E-state index contributed by atoms with van der Waals surface area (Å²) in [6.07, 6.45) is 0. The zero-order valence-corrected chi connectivity index (χ0v) is 14.5. The van der Waals surface area contributed by atoms with E-state index in [1.807, 2.05) is 12.1 Å². The second-order valence-electron chi connectivity index (χ2n) is 6.44. The molecule has 138 valence electrons. The van der Waals surface area contributed by atoms with Gasteiger partial charge in [-0.05, 0) is 31.2 Å². The summed E-state index contributed by atoms with van der Waals surface area (Å²) in [4.78, 5) is 15.5. The first kappa shape index (κ1) is 18.1. The number of amides is 1. The average Bonchev–Trinajstić information content (AvgIpc) is 2.65. The number of anilines is 2. The third-order valence-corrected chi connectivity index (χ3v) is 4.84. The lowest BCUT2D eigenvalue weighted by Gasteiger charge is -2.36. The zero-order valence-electron chi connectivity index (χ0n) is 14.5. The Labute approximate surface area is 150 Å². The van der Waals surface area contributed by atoms with Crippen LogP contribution in [0.5, 0.6) is 5.75 Å². The molecule has 1 atom stereocenters. The highest BCUT2D eigenvalue weighted by atomic mass is 19.1. The summed E-state index contributed by atoms with van der Waals surface area (Å²) in [5.74, 6) is -1.76. The van der Waals surface area contributed by atoms with Crippen molar-refractivity contribution in [3.05, 3.63) is 54.1 Å². The van der Waals surface area contributed by atoms with Gasteiger partial charge >= 0.3 is 0 Å². The van der Waals surface area contributed by atoms with Crippen LogP contribution >= 0.6 is 0 Å². The van der Waals surface area contributed by atoms with E-state index in [0.717, 1.165) is 22.7 Å². The van der Waals surface area contributed by atoms with Crippen molar-refractivity contribution < 1.29 is 23.6 Å². The number of phenols is 1. The van der Waals surface area contributed by atoms with E-state index in [1.165, 1.54) is 6.07 Å². The smallest absolute Gasteiger partial charge is 0.282 e. The Morgan fingerprint density at radius 3 is 2.35 bits per heavy atom. The number of carbonyl (C=O) groups excluding carboxylic acids is 1. The van der Waals surface area contributed by atoms with E-state index in [-0.39, 0.29) is 5.75 Å². The summed E-state index contributed by atoms with van der Waals surface area (Å²) in [6, 6.07) is 10.2. The Bertz CT molecular complexity index is 772. The fourth-order valence-corrected chi connectivity index (χ4v) is 3.23. The van der Waals surface area contributed by atoms with Crippen LogP contribution in [0.25, 0.3) is 0 Å². The van der Waals surface area contributed by atoms with Gasteiger partial charge in [-0.3, -0.25) is 4.79 Å². The molecule has 1 saturated heterocycles. The molecule has 0 unspecified atom stereocenters. The van der Waals surface area contributed by atoms with E-state index in [9.17, 15) is 18.7 Å². The predicted molar refractivity (Wildman–Crippen MR) is 95.5 cm³/mol. The summed E-state index contributed by atoms with van der Waals surface area (Å²) < 4.78 is 27.4. The van der Waals surface area contributed by atoms with E-state index in [1.54, 1.807) is 19.1 Å². The number of nitrogens with one attached hydrogen (secondary N) is 2. The van der Waals surface area contributed by atoms with Crippen molar-refractivity contribution in [2.75, 3.05) is 36.4 Å². The molecule has 3 N–H and O–H groups in total. The van der Waals surface area contributed by atoms with Crippen LogP contribution in [-0.2, 0) is 4.79 Å². The minimum Gasteiger partial charge on any atom is -0.506 e. The largest absolute Gasteiger partial charge is 0.506 e. The number of halogens is 2. The van der Waals surface area contributed by atoms with Gasteiger partial charge in [-0.15, -0.1) is 0 Å². The first-order chi connectivity index (χ1) is 12.5. The zero-order chi connectivity index (χ0) is 18.7. The third-order valence-electron chi connectivity index (χ3n) is 4.84. The maximum atomic E-state index is 13.7. The number of quaternary nitrogens is 1. The number of para-hydroxylation sites is 3. The summed E-state index contributed by atoms with van der Waals surface area (Å²) in [7, 11) is 0. The highest BCUT2D eigenvalue weighted by molar-refractivity contribution is 5.93. The molecule has 2 aromatic carbocycles. The molecular formula is C19H22F2N3O2+. The van der Waals surface area contributed by atoms with E-state index in [4.69, 9.17) is 0 Å². The molecule has 26 heavy (non-hydrogen) atoms. The molecule has 0 saturated carbocycles. The number of hydrogen-bond acceptors (Lipinski definition) is 3. The molecule has 3 rings (SSSR count). The van der Waals surface area contributed by atoms with Gasteiger partial charge in [0.2, 0.25) is 0 Å². The van der Waals surface area contributed by atoms with Crippen LogP contribution in [-0.4, -0.2) is 43.2 Å². The predicted octanol–water partition coefficient (Wildman–Crippen LogP) is 1.40. The Hall–Kier alpha value is -2.67.